The molecule has 1 N–H and O–H groups in total. The second kappa shape index (κ2) is 6.22. The molecule has 2 heterocycles. The Bertz CT molecular complexity index is 600. The first kappa shape index (κ1) is 15.4. The lowest BCUT2D eigenvalue weighted by Gasteiger charge is -2.20. The van der Waals surface area contributed by atoms with Gasteiger partial charge in [0.15, 0.2) is 0 Å². The van der Waals surface area contributed by atoms with Crippen LogP contribution in [0.3, 0.4) is 0 Å². The zero-order chi connectivity index (χ0) is 15.5. The van der Waals surface area contributed by atoms with E-state index < -0.39 is 0 Å². The lowest BCUT2D eigenvalue weighted by Crippen LogP contribution is -2.35. The molecule has 0 saturated heterocycles. The predicted octanol–water partition coefficient (Wildman–Crippen LogP) is 3.77. The molecule has 0 saturated carbocycles. The molecular formula is C17H23N3O. The number of ether oxygens (including phenoxy) is 1. The fraction of sp³-hybridized carbons (Fsp3) is 0.412. The molecule has 2 aromatic heterocycles. The number of aromatic nitrogens is 2. The van der Waals surface area contributed by atoms with E-state index in [-0.39, 0.29) is 5.54 Å². The van der Waals surface area contributed by atoms with Crippen LogP contribution in [0.15, 0.2) is 30.6 Å². The first-order valence-corrected chi connectivity index (χ1v) is 7.14. The van der Waals surface area contributed by atoms with Gasteiger partial charge in [-0.3, -0.25) is 4.98 Å². The Morgan fingerprint density at radius 3 is 2.43 bits per heavy atom. The number of rotatable bonds is 4. The lowest BCUT2D eigenvalue weighted by molar-refractivity contribution is 0.422. The zero-order valence-corrected chi connectivity index (χ0v) is 13.4. The van der Waals surface area contributed by atoms with E-state index in [9.17, 15) is 0 Å². The van der Waals surface area contributed by atoms with Gasteiger partial charge in [-0.25, -0.2) is 4.98 Å². The molecule has 2 rings (SSSR count). The van der Waals surface area contributed by atoms with Crippen LogP contribution in [0.5, 0.6) is 11.6 Å². The minimum absolute atomic E-state index is 0.0939. The highest BCUT2D eigenvalue weighted by molar-refractivity contribution is 5.33. The van der Waals surface area contributed by atoms with E-state index in [4.69, 9.17) is 4.74 Å². The van der Waals surface area contributed by atoms with Crippen molar-refractivity contribution in [2.45, 2.75) is 46.7 Å². The van der Waals surface area contributed by atoms with Crippen LogP contribution in [-0.2, 0) is 6.54 Å². The average Bonchev–Trinajstić information content (AvgIpc) is 2.41. The maximum Gasteiger partial charge on any atom is 0.222 e. The van der Waals surface area contributed by atoms with Crippen LogP contribution in [0, 0.1) is 13.8 Å². The summed E-state index contributed by atoms with van der Waals surface area (Å²) in [7, 11) is 0. The van der Waals surface area contributed by atoms with Gasteiger partial charge in [0.1, 0.15) is 5.75 Å². The van der Waals surface area contributed by atoms with Gasteiger partial charge < -0.3 is 10.1 Å². The van der Waals surface area contributed by atoms with Gasteiger partial charge in [0.2, 0.25) is 5.88 Å². The molecule has 0 atom stereocenters. The maximum atomic E-state index is 5.77. The van der Waals surface area contributed by atoms with Crippen molar-refractivity contribution in [2.24, 2.45) is 0 Å². The number of hydrogen-bond donors (Lipinski definition) is 1. The molecule has 0 spiro atoms. The zero-order valence-electron chi connectivity index (χ0n) is 13.4. The van der Waals surface area contributed by atoms with Crippen molar-refractivity contribution in [1.29, 1.82) is 0 Å². The third-order valence-corrected chi connectivity index (χ3v) is 3.01. The smallest absolute Gasteiger partial charge is 0.222 e. The minimum atomic E-state index is 0.0939. The van der Waals surface area contributed by atoms with Crippen molar-refractivity contribution < 1.29 is 4.74 Å². The van der Waals surface area contributed by atoms with Crippen LogP contribution in [0.2, 0.25) is 0 Å². The lowest BCUT2D eigenvalue weighted by atomic mass is 10.1. The van der Waals surface area contributed by atoms with Crippen molar-refractivity contribution in [3.05, 3.63) is 47.4 Å². The summed E-state index contributed by atoms with van der Waals surface area (Å²) in [4.78, 5) is 8.62. The molecule has 0 unspecified atom stereocenters. The van der Waals surface area contributed by atoms with Gasteiger partial charge in [-0.05, 0) is 58.4 Å². The summed E-state index contributed by atoms with van der Waals surface area (Å²) < 4.78 is 5.77. The average molecular weight is 285 g/mol. The maximum absolute atomic E-state index is 5.77. The summed E-state index contributed by atoms with van der Waals surface area (Å²) in [6.45, 7) is 11.2. The van der Waals surface area contributed by atoms with Gasteiger partial charge in [-0.15, -0.1) is 0 Å². The molecule has 0 amide bonds. The van der Waals surface area contributed by atoms with Gasteiger partial charge in [0, 0.05) is 29.5 Å². The van der Waals surface area contributed by atoms with Crippen LogP contribution in [-0.4, -0.2) is 15.5 Å². The molecule has 0 fully saturated rings. The Morgan fingerprint density at radius 1 is 1.10 bits per heavy atom. The molecular weight excluding hydrogens is 262 g/mol. The second-order valence-electron chi connectivity index (χ2n) is 6.31. The Morgan fingerprint density at radius 2 is 1.86 bits per heavy atom. The van der Waals surface area contributed by atoms with Gasteiger partial charge in [0.05, 0.1) is 6.20 Å². The van der Waals surface area contributed by atoms with Crippen LogP contribution in [0.1, 0.15) is 37.6 Å². The summed E-state index contributed by atoms with van der Waals surface area (Å²) in [5.41, 5.74) is 3.23. The number of hydrogen-bond acceptors (Lipinski definition) is 4. The molecule has 0 aliphatic heterocycles. The number of aryl methyl sites for hydroxylation is 2. The quantitative estimate of drug-likeness (QED) is 0.928. The Labute approximate surface area is 126 Å². The van der Waals surface area contributed by atoms with Crippen molar-refractivity contribution in [2.75, 3.05) is 0 Å². The second-order valence-corrected chi connectivity index (χ2v) is 6.31. The van der Waals surface area contributed by atoms with E-state index >= 15 is 0 Å². The summed E-state index contributed by atoms with van der Waals surface area (Å²) in [5.74, 6) is 1.33. The highest BCUT2D eigenvalue weighted by atomic mass is 16.5. The monoisotopic (exact) mass is 285 g/mol. The van der Waals surface area contributed by atoms with Crippen LogP contribution in [0.25, 0.3) is 0 Å². The van der Waals surface area contributed by atoms with E-state index in [0.29, 0.717) is 11.6 Å². The standard InChI is InChI=1S/C17H23N3O/c1-12-8-14(10-20-17(3,4)5)9-19-16(12)21-15-7-6-13(2)18-11-15/h6-9,11,20H,10H2,1-5H3. The molecule has 0 aromatic carbocycles. The topological polar surface area (TPSA) is 47.0 Å². The summed E-state index contributed by atoms with van der Waals surface area (Å²) in [6, 6.07) is 5.92. The van der Waals surface area contributed by atoms with Crippen molar-refractivity contribution in [3.8, 4) is 11.6 Å². The van der Waals surface area contributed by atoms with E-state index in [1.165, 1.54) is 0 Å². The molecule has 112 valence electrons. The Balaban J connectivity index is 2.07. The van der Waals surface area contributed by atoms with Gasteiger partial charge in [-0.1, -0.05) is 0 Å². The number of pyridine rings is 2. The van der Waals surface area contributed by atoms with E-state index in [0.717, 1.165) is 23.4 Å². The number of nitrogens with one attached hydrogen (secondary N) is 1. The molecule has 21 heavy (non-hydrogen) atoms. The molecule has 0 bridgehead atoms. The third-order valence-electron chi connectivity index (χ3n) is 3.01. The summed E-state index contributed by atoms with van der Waals surface area (Å²) in [6.07, 6.45) is 3.56. The highest BCUT2D eigenvalue weighted by Crippen LogP contribution is 2.22. The molecule has 0 aliphatic rings. The summed E-state index contributed by atoms with van der Waals surface area (Å²) in [5, 5.41) is 3.45. The third kappa shape index (κ3) is 4.83. The van der Waals surface area contributed by atoms with E-state index in [1.54, 1.807) is 6.20 Å². The molecule has 0 radical (unpaired) electrons. The van der Waals surface area contributed by atoms with Crippen molar-refractivity contribution in [3.63, 3.8) is 0 Å². The van der Waals surface area contributed by atoms with Gasteiger partial charge in [0.25, 0.3) is 0 Å². The molecule has 2 aromatic rings. The van der Waals surface area contributed by atoms with E-state index in [1.807, 2.05) is 32.2 Å². The highest BCUT2D eigenvalue weighted by Gasteiger charge is 2.10. The Kier molecular flexibility index (Phi) is 4.58. The molecule has 0 aliphatic carbocycles. The predicted molar refractivity (Wildman–Crippen MR) is 84.6 cm³/mol. The summed E-state index contributed by atoms with van der Waals surface area (Å²) >= 11 is 0. The fourth-order valence-corrected chi connectivity index (χ4v) is 1.82. The Hall–Kier alpha value is -1.94. The van der Waals surface area contributed by atoms with Crippen molar-refractivity contribution >= 4 is 0 Å². The normalized spacial score (nSPS) is 11.5. The van der Waals surface area contributed by atoms with Crippen LogP contribution < -0.4 is 10.1 Å². The molecule has 4 heteroatoms. The van der Waals surface area contributed by atoms with Gasteiger partial charge >= 0.3 is 0 Å². The first-order valence-electron chi connectivity index (χ1n) is 7.14. The van der Waals surface area contributed by atoms with E-state index in [2.05, 4.69) is 42.1 Å². The minimum Gasteiger partial charge on any atom is -0.437 e. The van der Waals surface area contributed by atoms with Crippen LogP contribution in [0.4, 0.5) is 0 Å². The van der Waals surface area contributed by atoms with Crippen LogP contribution >= 0.6 is 0 Å². The fourth-order valence-electron chi connectivity index (χ4n) is 1.82. The molecule has 4 nitrogen and oxygen atoms in total. The first-order chi connectivity index (χ1) is 9.83. The largest absolute Gasteiger partial charge is 0.437 e. The van der Waals surface area contributed by atoms with Crippen molar-refractivity contribution in [1.82, 2.24) is 15.3 Å². The van der Waals surface area contributed by atoms with Gasteiger partial charge in [-0.2, -0.15) is 0 Å². The SMILES string of the molecule is Cc1ccc(Oc2ncc(CNC(C)(C)C)cc2C)cn1. The number of nitrogens with zero attached hydrogens (tertiary/aromatic N) is 2.